The first-order valence-electron chi connectivity index (χ1n) is 6.11. The monoisotopic (exact) mass is 335 g/mol. The number of sulfonamides is 1. The number of aliphatic carboxylic acids is 1. The predicted octanol–water partition coefficient (Wildman–Crippen LogP) is 0.575. The van der Waals surface area contributed by atoms with Gasteiger partial charge in [-0.25, -0.2) is 16.8 Å². The normalized spacial score (nSPS) is 12.5. The van der Waals surface area contributed by atoms with Crippen LogP contribution in [-0.2, 0) is 24.7 Å². The Balaban J connectivity index is 3.19. The zero-order valence-corrected chi connectivity index (χ0v) is 13.3. The first kappa shape index (κ1) is 17.6. The lowest BCUT2D eigenvalue weighted by Crippen LogP contribution is -2.36. The van der Waals surface area contributed by atoms with E-state index in [1.807, 2.05) is 0 Å². The van der Waals surface area contributed by atoms with Gasteiger partial charge in [-0.15, -0.1) is 0 Å². The van der Waals surface area contributed by atoms with Crippen molar-refractivity contribution >= 4 is 25.8 Å². The van der Waals surface area contributed by atoms with Crippen molar-refractivity contribution in [2.75, 3.05) is 19.3 Å². The smallest absolute Gasteiger partial charge is 0.318 e. The maximum absolute atomic E-state index is 12.3. The first-order valence-corrected chi connectivity index (χ1v) is 9.44. The van der Waals surface area contributed by atoms with E-state index in [1.165, 1.54) is 12.1 Å². The van der Waals surface area contributed by atoms with E-state index in [0.717, 1.165) is 22.7 Å². The Bertz CT molecular complexity index is 707. The molecule has 0 radical (unpaired) electrons. The maximum Gasteiger partial charge on any atom is 0.318 e. The Kier molecular flexibility index (Phi) is 5.48. The number of hydrogen-bond acceptors (Lipinski definition) is 5. The molecule has 1 aromatic carbocycles. The molecule has 0 aliphatic heterocycles. The number of carboxylic acid groups (broad SMARTS) is 1. The summed E-state index contributed by atoms with van der Waals surface area (Å²) >= 11 is 0. The molecule has 0 aliphatic carbocycles. The fourth-order valence-corrected chi connectivity index (χ4v) is 3.80. The minimum Gasteiger partial charge on any atom is -0.480 e. The van der Waals surface area contributed by atoms with Gasteiger partial charge in [0.25, 0.3) is 0 Å². The van der Waals surface area contributed by atoms with Crippen LogP contribution in [0.3, 0.4) is 0 Å². The van der Waals surface area contributed by atoms with Gasteiger partial charge in [-0.05, 0) is 30.7 Å². The Morgan fingerprint density at radius 2 is 1.57 bits per heavy atom. The number of nitrogens with zero attached hydrogens (tertiary/aromatic N) is 1. The molecule has 0 saturated heterocycles. The lowest BCUT2D eigenvalue weighted by Gasteiger charge is -2.19. The van der Waals surface area contributed by atoms with Gasteiger partial charge in [0, 0.05) is 12.8 Å². The molecule has 0 atom stereocenters. The van der Waals surface area contributed by atoms with Crippen LogP contribution in [0.4, 0.5) is 0 Å². The van der Waals surface area contributed by atoms with Crippen LogP contribution in [0.5, 0.6) is 0 Å². The highest BCUT2D eigenvalue weighted by Gasteiger charge is 2.26. The van der Waals surface area contributed by atoms with Crippen molar-refractivity contribution in [1.29, 1.82) is 0 Å². The van der Waals surface area contributed by atoms with Gasteiger partial charge in [-0.1, -0.05) is 6.92 Å². The molecule has 118 valence electrons. The summed E-state index contributed by atoms with van der Waals surface area (Å²) < 4.78 is 48.2. The first-order chi connectivity index (χ1) is 9.59. The van der Waals surface area contributed by atoms with Crippen LogP contribution < -0.4 is 0 Å². The van der Waals surface area contributed by atoms with Crippen molar-refractivity contribution < 1.29 is 26.7 Å². The minimum atomic E-state index is -3.96. The van der Waals surface area contributed by atoms with Crippen LogP contribution in [0.2, 0.25) is 0 Å². The van der Waals surface area contributed by atoms with E-state index in [9.17, 15) is 21.6 Å². The van der Waals surface area contributed by atoms with Crippen molar-refractivity contribution in [3.05, 3.63) is 24.3 Å². The van der Waals surface area contributed by atoms with Crippen LogP contribution in [0.25, 0.3) is 0 Å². The van der Waals surface area contributed by atoms with Gasteiger partial charge < -0.3 is 5.11 Å². The number of hydrogen-bond donors (Lipinski definition) is 1. The largest absolute Gasteiger partial charge is 0.480 e. The standard InChI is InChI=1S/C12H17NO6S2/c1-3-8-13(9-12(14)15)21(18,19)11-6-4-10(5-7-11)20(2,16)17/h4-7H,3,8-9H2,1-2H3,(H,14,15). The van der Waals surface area contributed by atoms with E-state index in [4.69, 9.17) is 5.11 Å². The van der Waals surface area contributed by atoms with Gasteiger partial charge >= 0.3 is 5.97 Å². The summed E-state index contributed by atoms with van der Waals surface area (Å²) in [4.78, 5) is 10.6. The highest BCUT2D eigenvalue weighted by Crippen LogP contribution is 2.18. The van der Waals surface area contributed by atoms with Crippen molar-refractivity contribution in [2.24, 2.45) is 0 Å². The number of benzene rings is 1. The molecule has 0 spiro atoms. The summed E-state index contributed by atoms with van der Waals surface area (Å²) in [6.45, 7) is 1.17. The van der Waals surface area contributed by atoms with Crippen LogP contribution in [0.15, 0.2) is 34.1 Å². The summed E-state index contributed by atoms with van der Waals surface area (Å²) in [5.41, 5.74) is 0. The average molecular weight is 335 g/mol. The molecule has 9 heteroatoms. The molecule has 0 heterocycles. The molecule has 0 amide bonds. The molecule has 0 fully saturated rings. The Hall–Kier alpha value is -1.45. The molecule has 1 aromatic rings. The number of carbonyl (C=O) groups is 1. The summed E-state index contributed by atoms with van der Waals surface area (Å²) in [6.07, 6.45) is 1.48. The Morgan fingerprint density at radius 1 is 1.10 bits per heavy atom. The van der Waals surface area contributed by atoms with Gasteiger partial charge in [0.1, 0.15) is 6.54 Å². The highest BCUT2D eigenvalue weighted by molar-refractivity contribution is 7.90. The second-order valence-corrected chi connectivity index (χ2v) is 8.43. The summed E-state index contributed by atoms with van der Waals surface area (Å²) in [5.74, 6) is -1.25. The Morgan fingerprint density at radius 3 is 1.95 bits per heavy atom. The van der Waals surface area contributed by atoms with Crippen LogP contribution in [0.1, 0.15) is 13.3 Å². The molecule has 0 bridgehead atoms. The molecule has 0 saturated carbocycles. The fraction of sp³-hybridized carbons (Fsp3) is 0.417. The van der Waals surface area contributed by atoms with Gasteiger partial charge in [-0.3, -0.25) is 4.79 Å². The van der Waals surface area contributed by atoms with Crippen molar-refractivity contribution in [1.82, 2.24) is 4.31 Å². The summed E-state index contributed by atoms with van der Waals surface area (Å²) in [6, 6.07) is 4.70. The number of carboxylic acids is 1. The lowest BCUT2D eigenvalue weighted by atomic mass is 10.4. The second-order valence-electron chi connectivity index (χ2n) is 4.48. The average Bonchev–Trinajstić information content (AvgIpc) is 2.37. The van der Waals surface area contributed by atoms with E-state index >= 15 is 0 Å². The second kappa shape index (κ2) is 6.54. The molecular formula is C12H17NO6S2. The van der Waals surface area contributed by atoms with E-state index in [0.29, 0.717) is 6.42 Å². The topological polar surface area (TPSA) is 109 Å². The molecule has 1 N–H and O–H groups in total. The molecule has 0 aromatic heterocycles. The van der Waals surface area contributed by atoms with Gasteiger partial charge in [0.15, 0.2) is 9.84 Å². The number of sulfone groups is 1. The van der Waals surface area contributed by atoms with Gasteiger partial charge in [-0.2, -0.15) is 4.31 Å². The SMILES string of the molecule is CCCN(CC(=O)O)S(=O)(=O)c1ccc(S(C)(=O)=O)cc1. The van der Waals surface area contributed by atoms with E-state index in [2.05, 4.69) is 0 Å². The Labute approximate surface area is 124 Å². The van der Waals surface area contributed by atoms with Crippen LogP contribution >= 0.6 is 0 Å². The summed E-state index contributed by atoms with van der Waals surface area (Å²) in [7, 11) is -7.38. The van der Waals surface area contributed by atoms with E-state index in [1.54, 1.807) is 6.92 Å². The van der Waals surface area contributed by atoms with Gasteiger partial charge in [0.05, 0.1) is 9.79 Å². The lowest BCUT2D eigenvalue weighted by molar-refractivity contribution is -0.137. The molecule has 7 nitrogen and oxygen atoms in total. The third-order valence-electron chi connectivity index (χ3n) is 2.67. The maximum atomic E-state index is 12.3. The third-order valence-corrected chi connectivity index (χ3v) is 5.66. The van der Waals surface area contributed by atoms with Crippen LogP contribution in [0, 0.1) is 0 Å². The van der Waals surface area contributed by atoms with Gasteiger partial charge in [0.2, 0.25) is 10.0 Å². The predicted molar refractivity (Wildman–Crippen MR) is 76.2 cm³/mol. The highest BCUT2D eigenvalue weighted by atomic mass is 32.2. The number of rotatable bonds is 7. The molecule has 21 heavy (non-hydrogen) atoms. The van der Waals surface area contributed by atoms with Crippen molar-refractivity contribution in [2.45, 2.75) is 23.1 Å². The molecule has 0 aliphatic rings. The zero-order valence-electron chi connectivity index (χ0n) is 11.7. The van der Waals surface area contributed by atoms with E-state index < -0.39 is 32.4 Å². The molecule has 1 rings (SSSR count). The quantitative estimate of drug-likeness (QED) is 0.780. The van der Waals surface area contributed by atoms with Crippen molar-refractivity contribution in [3.8, 4) is 0 Å². The third kappa shape index (κ3) is 4.51. The fourth-order valence-electron chi connectivity index (χ4n) is 1.69. The molecular weight excluding hydrogens is 318 g/mol. The van der Waals surface area contributed by atoms with Crippen molar-refractivity contribution in [3.63, 3.8) is 0 Å². The van der Waals surface area contributed by atoms with E-state index in [-0.39, 0.29) is 16.3 Å². The zero-order chi connectivity index (χ0) is 16.3. The summed E-state index contributed by atoms with van der Waals surface area (Å²) in [5, 5.41) is 8.79. The molecule has 0 unspecified atom stereocenters. The van der Waals surface area contributed by atoms with Crippen LogP contribution in [-0.4, -0.2) is 51.6 Å². The minimum absolute atomic E-state index is 0.00160.